The van der Waals surface area contributed by atoms with Crippen LogP contribution in [-0.4, -0.2) is 85.5 Å². The number of fused-ring (bicyclic) bond motifs is 1. The third-order valence-corrected chi connectivity index (χ3v) is 8.01. The smallest absolute Gasteiger partial charge is 0.242 e. The maximum atomic E-state index is 13.7. The summed E-state index contributed by atoms with van der Waals surface area (Å²) >= 11 is 0. The molecule has 2 fully saturated rings. The van der Waals surface area contributed by atoms with Gasteiger partial charge in [-0.15, -0.1) is 0 Å². The molecule has 0 unspecified atom stereocenters. The minimum Gasteiger partial charge on any atom is -0.381 e. The molecule has 3 heterocycles. The molecule has 198 valence electrons. The van der Waals surface area contributed by atoms with Crippen LogP contribution in [0.5, 0.6) is 0 Å². The van der Waals surface area contributed by atoms with E-state index in [9.17, 15) is 14.4 Å². The monoisotopic (exact) mass is 490 g/mol. The lowest BCUT2D eigenvalue weighted by Gasteiger charge is -2.41. The lowest BCUT2D eigenvalue weighted by molar-refractivity contribution is -0.139. The number of likely N-dealkylation sites (tertiary alicyclic amines) is 1. The third kappa shape index (κ3) is 7.29. The van der Waals surface area contributed by atoms with E-state index in [-0.39, 0.29) is 35.6 Å². The van der Waals surface area contributed by atoms with Gasteiger partial charge in [0.2, 0.25) is 17.7 Å². The molecule has 3 aliphatic heterocycles. The zero-order valence-corrected chi connectivity index (χ0v) is 22.2. The molecular formula is C27H46N4O4. The molecule has 3 atom stereocenters. The molecule has 0 aromatic heterocycles. The van der Waals surface area contributed by atoms with Gasteiger partial charge < -0.3 is 20.3 Å². The van der Waals surface area contributed by atoms with Crippen LogP contribution in [0.3, 0.4) is 0 Å². The minimum atomic E-state index is -0.553. The minimum absolute atomic E-state index is 0.0261. The van der Waals surface area contributed by atoms with E-state index >= 15 is 0 Å². The molecular weight excluding hydrogens is 444 g/mol. The van der Waals surface area contributed by atoms with Gasteiger partial charge in [-0.25, -0.2) is 0 Å². The van der Waals surface area contributed by atoms with Gasteiger partial charge in [0, 0.05) is 31.7 Å². The summed E-state index contributed by atoms with van der Waals surface area (Å²) in [4.78, 5) is 43.6. The second-order valence-corrected chi connectivity index (χ2v) is 10.9. The fourth-order valence-electron chi connectivity index (χ4n) is 5.63. The number of nitrogens with zero attached hydrogens (tertiary/aromatic N) is 2. The highest BCUT2D eigenvalue weighted by atomic mass is 16.5. The molecule has 35 heavy (non-hydrogen) atoms. The van der Waals surface area contributed by atoms with Crippen molar-refractivity contribution in [1.82, 2.24) is 20.4 Å². The van der Waals surface area contributed by atoms with Crippen LogP contribution in [0.1, 0.15) is 66.2 Å². The molecule has 2 N–H and O–H groups in total. The summed E-state index contributed by atoms with van der Waals surface area (Å²) < 4.78 is 5.70. The van der Waals surface area contributed by atoms with E-state index in [2.05, 4.69) is 41.5 Å². The summed E-state index contributed by atoms with van der Waals surface area (Å²) in [6.45, 7) is 12.7. The Kier molecular flexibility index (Phi) is 10.2. The molecule has 0 aromatic rings. The molecule has 0 bridgehead atoms. The molecule has 3 aliphatic rings. The number of likely N-dealkylation sites (N-methyl/N-ethyl adjacent to an activating group) is 1. The summed E-state index contributed by atoms with van der Waals surface area (Å²) in [5.41, 5.74) is -0.553. The Hall–Kier alpha value is -1.93. The van der Waals surface area contributed by atoms with E-state index in [0.717, 1.165) is 12.8 Å². The molecule has 8 nitrogen and oxygen atoms in total. The number of carbonyl (C=O) groups is 3. The second kappa shape index (κ2) is 12.9. The fraction of sp³-hybridized carbons (Fsp3) is 0.815. The van der Waals surface area contributed by atoms with E-state index in [1.165, 1.54) is 0 Å². The summed E-state index contributed by atoms with van der Waals surface area (Å²) in [6, 6.07) is -0.457. The molecule has 3 rings (SSSR count). The van der Waals surface area contributed by atoms with Gasteiger partial charge in [0.05, 0.1) is 18.6 Å². The third-order valence-electron chi connectivity index (χ3n) is 8.01. The Balaban J connectivity index is 1.75. The zero-order valence-electron chi connectivity index (χ0n) is 22.2. The summed E-state index contributed by atoms with van der Waals surface area (Å²) in [5, 5.41) is 6.39. The summed E-state index contributed by atoms with van der Waals surface area (Å²) in [5.74, 6) is 0.579. The lowest BCUT2D eigenvalue weighted by Crippen LogP contribution is -2.57. The molecule has 0 saturated carbocycles. The first-order chi connectivity index (χ1) is 16.8. The van der Waals surface area contributed by atoms with Crippen molar-refractivity contribution in [3.63, 3.8) is 0 Å². The van der Waals surface area contributed by atoms with Gasteiger partial charge in [-0.2, -0.15) is 0 Å². The van der Waals surface area contributed by atoms with Crippen molar-refractivity contribution in [2.45, 2.75) is 78.3 Å². The van der Waals surface area contributed by atoms with Crippen LogP contribution in [0.2, 0.25) is 0 Å². The Morgan fingerprint density at radius 2 is 1.89 bits per heavy atom. The molecule has 8 heteroatoms. The SMILES string of the molecule is CCN(CC)C(=O)CN1CCC2(C/C=C/C[C@H]3COCC[C@H]3NC(=O)[C@H](CC(C)C)NC2=O)CC1. The van der Waals surface area contributed by atoms with Crippen LogP contribution in [0.4, 0.5) is 0 Å². The van der Waals surface area contributed by atoms with Crippen molar-refractivity contribution < 1.29 is 19.1 Å². The zero-order chi connectivity index (χ0) is 25.4. The number of ether oxygens (including phenoxy) is 1. The van der Waals surface area contributed by atoms with Crippen LogP contribution >= 0.6 is 0 Å². The molecule has 3 amide bonds. The first-order valence-electron chi connectivity index (χ1n) is 13.6. The largest absolute Gasteiger partial charge is 0.381 e. The molecule has 0 radical (unpaired) electrons. The standard InChI is InChI=1S/C27H46N4O4/c1-5-31(6-2)24(32)18-30-14-12-27(13-15-30)11-8-7-9-21-19-35-16-10-22(21)28-25(33)23(17-20(3)4)29-26(27)34/h7-8,20-23H,5-6,9-19H2,1-4H3,(H,28,33)(H,29,34)/b8-7+/t21-,22+,23-/m0/s1. The van der Waals surface area contributed by atoms with Gasteiger partial charge in [0.25, 0.3) is 0 Å². The van der Waals surface area contributed by atoms with Crippen LogP contribution in [0.15, 0.2) is 12.2 Å². The van der Waals surface area contributed by atoms with Crippen molar-refractivity contribution in [2.75, 3.05) is 45.9 Å². The number of piperidine rings is 1. The highest BCUT2D eigenvalue weighted by Crippen LogP contribution is 2.37. The van der Waals surface area contributed by atoms with Crippen molar-refractivity contribution in [3.05, 3.63) is 12.2 Å². The van der Waals surface area contributed by atoms with Crippen molar-refractivity contribution in [1.29, 1.82) is 0 Å². The van der Waals surface area contributed by atoms with E-state index in [0.29, 0.717) is 71.6 Å². The number of nitrogens with one attached hydrogen (secondary N) is 2. The average molecular weight is 491 g/mol. The summed E-state index contributed by atoms with van der Waals surface area (Å²) in [7, 11) is 0. The van der Waals surface area contributed by atoms with E-state index < -0.39 is 11.5 Å². The topological polar surface area (TPSA) is 91.0 Å². The molecule has 0 aliphatic carbocycles. The summed E-state index contributed by atoms with van der Waals surface area (Å²) in [6.07, 6.45) is 8.59. The number of hydrogen-bond acceptors (Lipinski definition) is 5. The first-order valence-corrected chi connectivity index (χ1v) is 13.6. The maximum absolute atomic E-state index is 13.7. The number of amides is 3. The van der Waals surface area contributed by atoms with Crippen LogP contribution in [0.25, 0.3) is 0 Å². The molecule has 1 spiro atoms. The van der Waals surface area contributed by atoms with Crippen molar-refractivity contribution in [3.8, 4) is 0 Å². The highest BCUT2D eigenvalue weighted by Gasteiger charge is 2.42. The maximum Gasteiger partial charge on any atom is 0.242 e. The van der Waals surface area contributed by atoms with Crippen LogP contribution in [0, 0.1) is 17.3 Å². The predicted octanol–water partition coefficient (Wildman–Crippen LogP) is 2.34. The van der Waals surface area contributed by atoms with Crippen LogP contribution < -0.4 is 10.6 Å². The van der Waals surface area contributed by atoms with Gasteiger partial charge in [-0.1, -0.05) is 26.0 Å². The van der Waals surface area contributed by atoms with Gasteiger partial charge in [-0.3, -0.25) is 19.3 Å². The predicted molar refractivity (Wildman–Crippen MR) is 137 cm³/mol. The Morgan fingerprint density at radius 3 is 2.54 bits per heavy atom. The van der Waals surface area contributed by atoms with Crippen LogP contribution in [-0.2, 0) is 19.1 Å². The Bertz CT molecular complexity index is 756. The average Bonchev–Trinajstić information content (AvgIpc) is 2.83. The Morgan fingerprint density at radius 1 is 1.17 bits per heavy atom. The fourth-order valence-corrected chi connectivity index (χ4v) is 5.63. The van der Waals surface area contributed by atoms with Gasteiger partial charge >= 0.3 is 0 Å². The second-order valence-electron chi connectivity index (χ2n) is 10.9. The highest BCUT2D eigenvalue weighted by molar-refractivity contribution is 5.90. The lowest BCUT2D eigenvalue weighted by atomic mass is 9.74. The number of carbonyl (C=O) groups excluding carboxylic acids is 3. The molecule has 0 aromatic carbocycles. The molecule has 2 saturated heterocycles. The van der Waals surface area contributed by atoms with Gasteiger partial charge in [-0.05, 0) is 71.4 Å². The van der Waals surface area contributed by atoms with Crippen molar-refractivity contribution >= 4 is 17.7 Å². The van der Waals surface area contributed by atoms with E-state index in [1.807, 2.05) is 18.7 Å². The normalized spacial score (nSPS) is 28.9. The van der Waals surface area contributed by atoms with Gasteiger partial charge in [0.15, 0.2) is 0 Å². The van der Waals surface area contributed by atoms with Crippen molar-refractivity contribution in [2.24, 2.45) is 17.3 Å². The van der Waals surface area contributed by atoms with E-state index in [1.54, 1.807) is 0 Å². The van der Waals surface area contributed by atoms with Gasteiger partial charge in [0.1, 0.15) is 6.04 Å². The first kappa shape index (κ1) is 27.7. The van der Waals surface area contributed by atoms with E-state index in [4.69, 9.17) is 4.74 Å². The number of rotatable bonds is 6. The Labute approximate surface area is 211 Å². The quantitative estimate of drug-likeness (QED) is 0.558. The number of hydrogen-bond donors (Lipinski definition) is 2. The number of allylic oxidation sites excluding steroid dienone is 2.